The van der Waals surface area contributed by atoms with Crippen molar-refractivity contribution in [3.63, 3.8) is 0 Å². The number of hydrogen-bond donors (Lipinski definition) is 2. The highest BCUT2D eigenvalue weighted by atomic mass is 32.2. The second-order valence-corrected chi connectivity index (χ2v) is 6.52. The first kappa shape index (κ1) is 16.1. The molecule has 1 aromatic rings. The molecule has 0 saturated carbocycles. The van der Waals surface area contributed by atoms with E-state index in [0.717, 1.165) is 6.07 Å². The van der Waals surface area contributed by atoms with E-state index in [1.165, 1.54) is 12.1 Å². The van der Waals surface area contributed by atoms with Crippen LogP contribution >= 0.6 is 0 Å². The first-order valence-corrected chi connectivity index (χ1v) is 7.81. The highest BCUT2D eigenvalue weighted by Crippen LogP contribution is 2.19. The second kappa shape index (κ2) is 6.45. The summed E-state index contributed by atoms with van der Waals surface area (Å²) in [6, 6.07) is 3.44. The smallest absolute Gasteiger partial charge is 0.241 e. The van der Waals surface area contributed by atoms with Crippen molar-refractivity contribution < 1.29 is 12.8 Å². The Morgan fingerprint density at radius 3 is 2.47 bits per heavy atom. The minimum absolute atomic E-state index is 0.0506. The summed E-state index contributed by atoms with van der Waals surface area (Å²) in [5.41, 5.74) is 5.92. The van der Waals surface area contributed by atoms with E-state index in [1.54, 1.807) is 0 Å². The molecule has 0 heterocycles. The quantitative estimate of drug-likeness (QED) is 0.841. The van der Waals surface area contributed by atoms with E-state index in [-0.39, 0.29) is 23.4 Å². The van der Waals surface area contributed by atoms with Gasteiger partial charge in [0.15, 0.2) is 0 Å². The Balaban J connectivity index is 3.16. The van der Waals surface area contributed by atoms with Gasteiger partial charge in [-0.1, -0.05) is 26.8 Å². The molecule has 0 saturated heterocycles. The molecule has 6 heteroatoms. The van der Waals surface area contributed by atoms with Crippen LogP contribution in [0.25, 0.3) is 0 Å². The van der Waals surface area contributed by atoms with Crippen molar-refractivity contribution in [2.45, 2.75) is 44.7 Å². The van der Waals surface area contributed by atoms with Crippen LogP contribution in [0.1, 0.15) is 32.8 Å². The first-order chi connectivity index (χ1) is 8.81. The molecule has 0 amide bonds. The third kappa shape index (κ3) is 3.99. The molecule has 0 aromatic heterocycles. The van der Waals surface area contributed by atoms with Crippen LogP contribution in [0.3, 0.4) is 0 Å². The lowest BCUT2D eigenvalue weighted by Crippen LogP contribution is -2.38. The van der Waals surface area contributed by atoms with Gasteiger partial charge in [-0.15, -0.1) is 0 Å². The number of nitrogens with two attached hydrogens (primary N) is 1. The van der Waals surface area contributed by atoms with Gasteiger partial charge in [-0.25, -0.2) is 17.5 Å². The average molecular weight is 288 g/mol. The van der Waals surface area contributed by atoms with Crippen molar-refractivity contribution >= 4 is 10.0 Å². The molecule has 0 fully saturated rings. The summed E-state index contributed by atoms with van der Waals surface area (Å²) >= 11 is 0. The molecule has 1 unspecified atom stereocenters. The molecule has 0 radical (unpaired) electrons. The van der Waals surface area contributed by atoms with Gasteiger partial charge in [0.25, 0.3) is 0 Å². The van der Waals surface area contributed by atoms with Gasteiger partial charge in [0.05, 0.1) is 4.90 Å². The molecule has 1 aromatic carbocycles. The molecule has 4 nitrogen and oxygen atoms in total. The van der Waals surface area contributed by atoms with Crippen LogP contribution in [0.4, 0.5) is 4.39 Å². The Kier molecular flexibility index (Phi) is 5.46. The number of sulfonamides is 1. The largest absolute Gasteiger partial charge is 0.326 e. The molecule has 19 heavy (non-hydrogen) atoms. The summed E-state index contributed by atoms with van der Waals surface area (Å²) in [6.45, 7) is 5.83. The predicted molar refractivity (Wildman–Crippen MR) is 73.5 cm³/mol. The summed E-state index contributed by atoms with van der Waals surface area (Å²) in [5, 5.41) is 0. The van der Waals surface area contributed by atoms with E-state index >= 15 is 0 Å². The number of rotatable bonds is 6. The van der Waals surface area contributed by atoms with Crippen molar-refractivity contribution in [3.05, 3.63) is 29.6 Å². The van der Waals surface area contributed by atoms with E-state index in [0.29, 0.717) is 12.0 Å². The van der Waals surface area contributed by atoms with Crippen molar-refractivity contribution in [1.82, 2.24) is 4.72 Å². The van der Waals surface area contributed by atoms with E-state index in [4.69, 9.17) is 5.73 Å². The normalized spacial score (nSPS) is 13.8. The molecule has 0 aliphatic carbocycles. The zero-order valence-corrected chi connectivity index (χ0v) is 12.3. The van der Waals surface area contributed by atoms with Crippen LogP contribution in [-0.4, -0.2) is 14.5 Å². The Morgan fingerprint density at radius 1 is 1.37 bits per heavy atom. The third-order valence-electron chi connectivity index (χ3n) is 3.09. The van der Waals surface area contributed by atoms with Crippen LogP contribution in [0.15, 0.2) is 23.1 Å². The minimum Gasteiger partial charge on any atom is -0.326 e. The third-order valence-corrected chi connectivity index (χ3v) is 4.66. The lowest BCUT2D eigenvalue weighted by atomic mass is 10.0. The fourth-order valence-electron chi connectivity index (χ4n) is 1.90. The summed E-state index contributed by atoms with van der Waals surface area (Å²) in [4.78, 5) is -0.0749. The summed E-state index contributed by atoms with van der Waals surface area (Å²) in [5.74, 6) is -0.426. The number of hydrogen-bond acceptors (Lipinski definition) is 3. The zero-order valence-electron chi connectivity index (χ0n) is 11.5. The molecule has 3 N–H and O–H groups in total. The van der Waals surface area contributed by atoms with E-state index in [2.05, 4.69) is 4.72 Å². The van der Waals surface area contributed by atoms with Gasteiger partial charge in [0, 0.05) is 12.6 Å². The highest BCUT2D eigenvalue weighted by molar-refractivity contribution is 7.89. The van der Waals surface area contributed by atoms with Gasteiger partial charge in [0.2, 0.25) is 10.0 Å². The van der Waals surface area contributed by atoms with Gasteiger partial charge >= 0.3 is 0 Å². The van der Waals surface area contributed by atoms with Gasteiger partial charge in [-0.2, -0.15) is 0 Å². The van der Waals surface area contributed by atoms with E-state index < -0.39 is 15.8 Å². The maximum absolute atomic E-state index is 13.3. The predicted octanol–water partition coefficient (Wildman–Crippen LogP) is 2.00. The second-order valence-electron chi connectivity index (χ2n) is 4.84. The summed E-state index contributed by atoms with van der Waals surface area (Å²) in [6.07, 6.45) is 0.671. The molecule has 0 bridgehead atoms. The fraction of sp³-hybridized carbons (Fsp3) is 0.538. The average Bonchev–Trinajstić information content (AvgIpc) is 2.35. The first-order valence-electron chi connectivity index (χ1n) is 6.32. The Hall–Kier alpha value is -0.980. The van der Waals surface area contributed by atoms with Crippen molar-refractivity contribution in [3.8, 4) is 0 Å². The Labute approximate surface area is 114 Å². The van der Waals surface area contributed by atoms with Crippen LogP contribution < -0.4 is 10.5 Å². The number of halogens is 1. The van der Waals surface area contributed by atoms with Gasteiger partial charge in [-0.05, 0) is 30.0 Å². The lowest BCUT2D eigenvalue weighted by Gasteiger charge is -2.21. The zero-order chi connectivity index (χ0) is 14.6. The Morgan fingerprint density at radius 2 is 2.00 bits per heavy atom. The number of nitrogens with one attached hydrogen (secondary N) is 1. The molecule has 1 rings (SSSR count). The molecule has 0 aliphatic heterocycles. The topological polar surface area (TPSA) is 72.2 Å². The van der Waals surface area contributed by atoms with Crippen LogP contribution in [0, 0.1) is 11.7 Å². The van der Waals surface area contributed by atoms with Crippen LogP contribution in [-0.2, 0) is 16.6 Å². The minimum atomic E-state index is -3.75. The maximum Gasteiger partial charge on any atom is 0.241 e. The number of benzene rings is 1. The highest BCUT2D eigenvalue weighted by Gasteiger charge is 2.23. The summed E-state index contributed by atoms with van der Waals surface area (Å²) in [7, 11) is -3.75. The van der Waals surface area contributed by atoms with E-state index in [9.17, 15) is 12.8 Å². The Bertz CT molecular complexity index is 529. The SMILES string of the molecule is CCC(NS(=O)(=O)c1cc(F)ccc1CN)C(C)C. The molecule has 0 spiro atoms. The van der Waals surface area contributed by atoms with Crippen LogP contribution in [0.2, 0.25) is 0 Å². The monoisotopic (exact) mass is 288 g/mol. The lowest BCUT2D eigenvalue weighted by molar-refractivity contribution is 0.437. The van der Waals surface area contributed by atoms with Crippen LogP contribution in [0.5, 0.6) is 0 Å². The van der Waals surface area contributed by atoms with Crippen molar-refractivity contribution in [1.29, 1.82) is 0 Å². The standard InChI is InChI=1S/C13H21FN2O2S/c1-4-12(9(2)3)16-19(17,18)13-7-11(14)6-5-10(13)8-15/h5-7,9,12,16H,4,8,15H2,1-3H3. The van der Waals surface area contributed by atoms with Crippen molar-refractivity contribution in [2.24, 2.45) is 11.7 Å². The molecule has 0 aliphatic rings. The molecular formula is C13H21FN2O2S. The molecular weight excluding hydrogens is 267 g/mol. The molecule has 1 atom stereocenters. The van der Waals surface area contributed by atoms with Crippen molar-refractivity contribution in [2.75, 3.05) is 0 Å². The van der Waals surface area contributed by atoms with E-state index in [1.807, 2.05) is 20.8 Å². The van der Waals surface area contributed by atoms with Gasteiger partial charge in [-0.3, -0.25) is 0 Å². The van der Waals surface area contributed by atoms with Gasteiger partial charge in [0.1, 0.15) is 5.82 Å². The fourth-order valence-corrected chi connectivity index (χ4v) is 3.63. The molecule has 108 valence electrons. The maximum atomic E-state index is 13.3. The summed E-state index contributed by atoms with van der Waals surface area (Å²) < 4.78 is 40.5. The van der Waals surface area contributed by atoms with Gasteiger partial charge < -0.3 is 5.73 Å².